The van der Waals surface area contributed by atoms with Crippen molar-refractivity contribution in [2.75, 3.05) is 18.0 Å². The first kappa shape index (κ1) is 15.6. The molecule has 2 nitrogen and oxygen atoms in total. The summed E-state index contributed by atoms with van der Waals surface area (Å²) in [7, 11) is 0. The van der Waals surface area contributed by atoms with Gasteiger partial charge in [-0.3, -0.25) is 0 Å². The molecule has 0 heterocycles. The molecule has 0 saturated heterocycles. The third-order valence-corrected chi connectivity index (χ3v) is 3.84. The maximum absolute atomic E-state index is 6.32. The summed E-state index contributed by atoms with van der Waals surface area (Å²) in [5, 5.41) is 0. The van der Waals surface area contributed by atoms with E-state index in [-0.39, 0.29) is 6.04 Å². The molecule has 2 rings (SSSR count). The third kappa shape index (κ3) is 4.91. The van der Waals surface area contributed by atoms with Crippen molar-refractivity contribution >= 4 is 5.69 Å². The Kier molecular flexibility index (Phi) is 6.29. The van der Waals surface area contributed by atoms with Crippen molar-refractivity contribution in [1.29, 1.82) is 0 Å². The molecule has 2 heteroatoms. The van der Waals surface area contributed by atoms with Crippen molar-refractivity contribution in [3.8, 4) is 0 Å². The molecular formula is C19H26N2. The summed E-state index contributed by atoms with van der Waals surface area (Å²) in [6, 6.07) is 21.1. The SMILES string of the molecule is CCCCN(CCC(N)c1ccccc1)c1ccccc1. The summed E-state index contributed by atoms with van der Waals surface area (Å²) in [5.41, 5.74) is 8.84. The molecule has 0 fully saturated rings. The molecule has 1 unspecified atom stereocenters. The highest BCUT2D eigenvalue weighted by atomic mass is 15.1. The largest absolute Gasteiger partial charge is 0.371 e. The molecule has 21 heavy (non-hydrogen) atoms. The van der Waals surface area contributed by atoms with E-state index in [1.54, 1.807) is 0 Å². The molecule has 0 saturated carbocycles. The van der Waals surface area contributed by atoms with Gasteiger partial charge in [0.25, 0.3) is 0 Å². The van der Waals surface area contributed by atoms with Gasteiger partial charge >= 0.3 is 0 Å². The second kappa shape index (κ2) is 8.48. The summed E-state index contributed by atoms with van der Waals surface area (Å²) >= 11 is 0. The first-order chi connectivity index (χ1) is 10.3. The number of benzene rings is 2. The van der Waals surface area contributed by atoms with Crippen LogP contribution in [0.5, 0.6) is 0 Å². The van der Waals surface area contributed by atoms with Gasteiger partial charge in [-0.2, -0.15) is 0 Å². The lowest BCUT2D eigenvalue weighted by Gasteiger charge is -2.26. The summed E-state index contributed by atoms with van der Waals surface area (Å²) in [5.74, 6) is 0. The van der Waals surface area contributed by atoms with E-state index >= 15 is 0 Å². The predicted octanol–water partition coefficient (Wildman–Crippen LogP) is 4.38. The van der Waals surface area contributed by atoms with Crippen molar-refractivity contribution in [1.82, 2.24) is 0 Å². The van der Waals surface area contributed by atoms with Crippen LogP contribution in [0.3, 0.4) is 0 Å². The number of anilines is 1. The van der Waals surface area contributed by atoms with E-state index in [4.69, 9.17) is 5.73 Å². The summed E-state index contributed by atoms with van der Waals surface area (Å²) < 4.78 is 0. The van der Waals surface area contributed by atoms with Crippen molar-refractivity contribution < 1.29 is 0 Å². The molecule has 0 spiro atoms. The fourth-order valence-corrected chi connectivity index (χ4v) is 2.52. The highest BCUT2D eigenvalue weighted by Crippen LogP contribution is 2.18. The van der Waals surface area contributed by atoms with E-state index in [9.17, 15) is 0 Å². The zero-order chi connectivity index (χ0) is 14.9. The van der Waals surface area contributed by atoms with Crippen LogP contribution in [0.2, 0.25) is 0 Å². The third-order valence-electron chi connectivity index (χ3n) is 3.84. The lowest BCUT2D eigenvalue weighted by atomic mass is 10.0. The summed E-state index contributed by atoms with van der Waals surface area (Å²) in [4.78, 5) is 2.45. The fourth-order valence-electron chi connectivity index (χ4n) is 2.52. The highest BCUT2D eigenvalue weighted by molar-refractivity contribution is 5.45. The van der Waals surface area contributed by atoms with Crippen LogP contribution in [0.4, 0.5) is 5.69 Å². The number of hydrogen-bond acceptors (Lipinski definition) is 2. The molecule has 0 bridgehead atoms. The molecule has 1 atom stereocenters. The molecule has 0 aliphatic rings. The fraction of sp³-hybridized carbons (Fsp3) is 0.368. The number of hydrogen-bond donors (Lipinski definition) is 1. The molecule has 112 valence electrons. The van der Waals surface area contributed by atoms with Gasteiger partial charge in [0, 0.05) is 24.8 Å². The van der Waals surface area contributed by atoms with Crippen LogP contribution >= 0.6 is 0 Å². The first-order valence-corrected chi connectivity index (χ1v) is 7.91. The topological polar surface area (TPSA) is 29.3 Å². The minimum absolute atomic E-state index is 0.110. The normalized spacial score (nSPS) is 12.1. The van der Waals surface area contributed by atoms with Gasteiger partial charge < -0.3 is 10.6 Å². The van der Waals surface area contributed by atoms with Crippen LogP contribution in [0, 0.1) is 0 Å². The number of rotatable bonds is 8. The molecule has 0 aromatic heterocycles. The zero-order valence-electron chi connectivity index (χ0n) is 12.9. The molecule has 0 radical (unpaired) electrons. The molecule has 2 N–H and O–H groups in total. The van der Waals surface area contributed by atoms with Crippen molar-refractivity contribution in [2.24, 2.45) is 5.73 Å². The monoisotopic (exact) mass is 282 g/mol. The molecule has 0 amide bonds. The number of unbranched alkanes of at least 4 members (excludes halogenated alkanes) is 1. The number of nitrogens with two attached hydrogens (primary N) is 1. The van der Waals surface area contributed by atoms with Crippen LogP contribution in [0.25, 0.3) is 0 Å². The predicted molar refractivity (Wildman–Crippen MR) is 91.6 cm³/mol. The molecule has 0 aliphatic heterocycles. The number of nitrogens with zero attached hydrogens (tertiary/aromatic N) is 1. The smallest absolute Gasteiger partial charge is 0.0366 e. The molecule has 2 aromatic rings. The van der Waals surface area contributed by atoms with Gasteiger partial charge in [-0.25, -0.2) is 0 Å². The molecule has 2 aromatic carbocycles. The lowest BCUT2D eigenvalue weighted by Crippen LogP contribution is -2.28. The standard InChI is InChI=1S/C19H26N2/c1-2-3-15-21(18-12-8-5-9-13-18)16-14-19(20)17-10-6-4-7-11-17/h4-13,19H,2-3,14-16,20H2,1H3. The molecule has 0 aliphatic carbocycles. The Morgan fingerprint density at radius 1 is 0.905 bits per heavy atom. The van der Waals surface area contributed by atoms with Gasteiger partial charge in [-0.15, -0.1) is 0 Å². The van der Waals surface area contributed by atoms with E-state index in [0.29, 0.717) is 0 Å². The van der Waals surface area contributed by atoms with E-state index in [2.05, 4.69) is 66.4 Å². The minimum Gasteiger partial charge on any atom is -0.371 e. The second-order valence-electron chi connectivity index (χ2n) is 5.48. The first-order valence-electron chi connectivity index (χ1n) is 7.91. The Morgan fingerprint density at radius 2 is 1.52 bits per heavy atom. The van der Waals surface area contributed by atoms with Gasteiger partial charge in [0.1, 0.15) is 0 Å². The second-order valence-corrected chi connectivity index (χ2v) is 5.48. The Hall–Kier alpha value is -1.80. The lowest BCUT2D eigenvalue weighted by molar-refractivity contribution is 0.614. The Labute approximate surface area is 128 Å². The van der Waals surface area contributed by atoms with Crippen LogP contribution in [-0.2, 0) is 0 Å². The van der Waals surface area contributed by atoms with Crippen molar-refractivity contribution in [3.05, 3.63) is 66.2 Å². The van der Waals surface area contributed by atoms with Crippen LogP contribution in [0.1, 0.15) is 37.8 Å². The van der Waals surface area contributed by atoms with E-state index < -0.39 is 0 Å². The molecular weight excluding hydrogens is 256 g/mol. The summed E-state index contributed by atoms with van der Waals surface area (Å²) in [6.45, 7) is 4.33. The van der Waals surface area contributed by atoms with E-state index in [0.717, 1.165) is 19.5 Å². The van der Waals surface area contributed by atoms with Crippen LogP contribution in [0.15, 0.2) is 60.7 Å². The average molecular weight is 282 g/mol. The van der Waals surface area contributed by atoms with Gasteiger partial charge in [0.05, 0.1) is 0 Å². The Balaban J connectivity index is 1.96. The van der Waals surface area contributed by atoms with Gasteiger partial charge in [0.15, 0.2) is 0 Å². The van der Waals surface area contributed by atoms with Gasteiger partial charge in [0.2, 0.25) is 0 Å². The average Bonchev–Trinajstić information content (AvgIpc) is 2.56. The maximum Gasteiger partial charge on any atom is 0.0366 e. The number of para-hydroxylation sites is 1. The maximum atomic E-state index is 6.32. The van der Waals surface area contributed by atoms with Crippen molar-refractivity contribution in [2.45, 2.75) is 32.2 Å². The van der Waals surface area contributed by atoms with E-state index in [1.807, 2.05) is 6.07 Å². The Morgan fingerprint density at radius 3 is 2.14 bits per heavy atom. The highest BCUT2D eigenvalue weighted by Gasteiger charge is 2.10. The zero-order valence-corrected chi connectivity index (χ0v) is 12.9. The summed E-state index contributed by atoms with van der Waals surface area (Å²) in [6.07, 6.45) is 3.41. The quantitative estimate of drug-likeness (QED) is 0.778. The van der Waals surface area contributed by atoms with Crippen molar-refractivity contribution in [3.63, 3.8) is 0 Å². The van der Waals surface area contributed by atoms with Crippen LogP contribution < -0.4 is 10.6 Å². The Bertz CT molecular complexity index is 495. The van der Waals surface area contributed by atoms with Gasteiger partial charge in [-0.05, 0) is 30.5 Å². The van der Waals surface area contributed by atoms with Crippen LogP contribution in [-0.4, -0.2) is 13.1 Å². The minimum atomic E-state index is 0.110. The van der Waals surface area contributed by atoms with Gasteiger partial charge in [-0.1, -0.05) is 61.9 Å². The van der Waals surface area contributed by atoms with E-state index in [1.165, 1.54) is 24.1 Å².